The van der Waals surface area contributed by atoms with Crippen LogP contribution in [-0.4, -0.2) is 43.9 Å². The number of ketones is 2. The van der Waals surface area contributed by atoms with Crippen molar-refractivity contribution in [1.82, 2.24) is 5.32 Å². The predicted molar refractivity (Wildman–Crippen MR) is 107 cm³/mol. The fourth-order valence-corrected chi connectivity index (χ4v) is 3.54. The number of carbonyl (C=O) groups is 2. The summed E-state index contributed by atoms with van der Waals surface area (Å²) in [6, 6.07) is 6.08. The van der Waals surface area contributed by atoms with Crippen LogP contribution in [0.2, 0.25) is 0 Å². The summed E-state index contributed by atoms with van der Waals surface area (Å²) in [6.45, 7) is 4.02. The number of hydrogen-bond acceptors (Lipinski definition) is 7. The molecule has 1 aromatic carbocycles. The standard InChI is InChI=1S/C21H26N2O6/c1-13-19(17(24)8-10-28-3)21(15-6-5-7-16(12-15)23(26)27)20(14(2)22-13)18(25)9-11-29-4/h5-7,12,21-22H,8-11H2,1-4H3. The highest BCUT2D eigenvalue weighted by Gasteiger charge is 2.36. The van der Waals surface area contributed by atoms with Gasteiger partial charge in [-0.1, -0.05) is 12.1 Å². The van der Waals surface area contributed by atoms with Gasteiger partial charge in [-0.2, -0.15) is 0 Å². The first-order chi connectivity index (χ1) is 13.8. The molecule has 2 rings (SSSR count). The summed E-state index contributed by atoms with van der Waals surface area (Å²) in [5.41, 5.74) is 2.54. The Morgan fingerprint density at radius 1 is 1.03 bits per heavy atom. The first-order valence-corrected chi connectivity index (χ1v) is 9.29. The fourth-order valence-electron chi connectivity index (χ4n) is 3.54. The monoisotopic (exact) mass is 402 g/mol. The lowest BCUT2D eigenvalue weighted by Gasteiger charge is -2.31. The third kappa shape index (κ3) is 5.16. The molecule has 8 heteroatoms. The smallest absolute Gasteiger partial charge is 0.269 e. The van der Waals surface area contributed by atoms with Gasteiger partial charge >= 0.3 is 0 Å². The molecule has 1 aliphatic heterocycles. The molecular formula is C21H26N2O6. The van der Waals surface area contributed by atoms with E-state index in [4.69, 9.17) is 9.47 Å². The van der Waals surface area contributed by atoms with Gasteiger partial charge in [0, 0.05) is 67.7 Å². The van der Waals surface area contributed by atoms with E-state index in [1.165, 1.54) is 26.4 Å². The Labute approximate surface area is 169 Å². The zero-order chi connectivity index (χ0) is 21.6. The molecular weight excluding hydrogens is 376 g/mol. The van der Waals surface area contributed by atoms with E-state index in [0.29, 0.717) is 28.1 Å². The van der Waals surface area contributed by atoms with Crippen molar-refractivity contribution in [2.75, 3.05) is 27.4 Å². The Hall–Kier alpha value is -2.84. The number of allylic oxidation sites excluding steroid dienone is 4. The van der Waals surface area contributed by atoms with E-state index in [9.17, 15) is 19.7 Å². The molecule has 8 nitrogen and oxygen atoms in total. The number of nitro benzene ring substituents is 1. The van der Waals surface area contributed by atoms with E-state index in [1.807, 2.05) is 0 Å². The van der Waals surface area contributed by atoms with Crippen LogP contribution >= 0.6 is 0 Å². The second-order valence-electron chi connectivity index (χ2n) is 6.82. The van der Waals surface area contributed by atoms with Crippen LogP contribution in [0.1, 0.15) is 38.2 Å². The number of non-ortho nitro benzene ring substituents is 1. The number of hydrogen-bond donors (Lipinski definition) is 1. The molecule has 0 saturated carbocycles. The van der Waals surface area contributed by atoms with Crippen molar-refractivity contribution in [3.05, 3.63) is 62.5 Å². The summed E-state index contributed by atoms with van der Waals surface area (Å²) in [7, 11) is 3.02. The van der Waals surface area contributed by atoms with Crippen LogP contribution in [0.4, 0.5) is 5.69 Å². The third-order valence-electron chi connectivity index (χ3n) is 4.84. The number of nitro groups is 1. The van der Waals surface area contributed by atoms with Crippen LogP contribution in [0.25, 0.3) is 0 Å². The van der Waals surface area contributed by atoms with Gasteiger partial charge in [0.2, 0.25) is 0 Å². The molecule has 0 unspecified atom stereocenters. The summed E-state index contributed by atoms with van der Waals surface area (Å²) < 4.78 is 10.1. The van der Waals surface area contributed by atoms with Crippen LogP contribution < -0.4 is 5.32 Å². The lowest BCUT2D eigenvalue weighted by molar-refractivity contribution is -0.384. The Balaban J connectivity index is 2.62. The van der Waals surface area contributed by atoms with E-state index in [-0.39, 0.29) is 43.3 Å². The Bertz CT molecular complexity index is 830. The number of benzene rings is 1. The summed E-state index contributed by atoms with van der Waals surface area (Å²) in [4.78, 5) is 36.8. The zero-order valence-electron chi connectivity index (χ0n) is 17.1. The Morgan fingerprint density at radius 3 is 2.00 bits per heavy atom. The average molecular weight is 402 g/mol. The lowest BCUT2D eigenvalue weighted by atomic mass is 9.76. The van der Waals surface area contributed by atoms with Crippen LogP contribution in [0.5, 0.6) is 0 Å². The highest BCUT2D eigenvalue weighted by Crippen LogP contribution is 2.40. The van der Waals surface area contributed by atoms with Gasteiger partial charge in [-0.25, -0.2) is 0 Å². The summed E-state index contributed by atoms with van der Waals surface area (Å²) in [6.07, 6.45) is 0.295. The molecule has 0 fully saturated rings. The van der Waals surface area contributed by atoms with Crippen molar-refractivity contribution < 1.29 is 24.0 Å². The van der Waals surface area contributed by atoms with Crippen LogP contribution in [-0.2, 0) is 19.1 Å². The topological polar surface area (TPSA) is 108 Å². The number of ether oxygens (including phenoxy) is 2. The quantitative estimate of drug-likeness (QED) is 0.473. The minimum atomic E-state index is -0.690. The van der Waals surface area contributed by atoms with Gasteiger partial charge in [-0.15, -0.1) is 0 Å². The number of nitrogens with zero attached hydrogens (tertiary/aromatic N) is 1. The van der Waals surface area contributed by atoms with E-state index in [2.05, 4.69) is 5.32 Å². The SMILES string of the molecule is COCCC(=O)C1=C(C)NC(C)=C(C(=O)CCOC)C1c1cccc([N+](=O)[O-])c1. The second kappa shape index (κ2) is 10.1. The predicted octanol–water partition coefficient (Wildman–Crippen LogP) is 3.04. The van der Waals surface area contributed by atoms with Gasteiger partial charge in [-0.05, 0) is 19.4 Å². The van der Waals surface area contributed by atoms with Gasteiger partial charge in [0.1, 0.15) is 0 Å². The van der Waals surface area contributed by atoms with Crippen LogP contribution in [0.3, 0.4) is 0 Å². The first-order valence-electron chi connectivity index (χ1n) is 9.29. The maximum absolute atomic E-state index is 13.0. The maximum atomic E-state index is 13.0. The van der Waals surface area contributed by atoms with Gasteiger partial charge in [-0.3, -0.25) is 19.7 Å². The van der Waals surface area contributed by atoms with Crippen molar-refractivity contribution in [3.63, 3.8) is 0 Å². The third-order valence-corrected chi connectivity index (χ3v) is 4.84. The van der Waals surface area contributed by atoms with Crippen molar-refractivity contribution in [2.24, 2.45) is 0 Å². The van der Waals surface area contributed by atoms with Crippen molar-refractivity contribution in [1.29, 1.82) is 0 Å². The highest BCUT2D eigenvalue weighted by atomic mass is 16.6. The normalized spacial score (nSPS) is 14.8. The number of methoxy groups -OCH3 is 2. The van der Waals surface area contributed by atoms with Gasteiger partial charge < -0.3 is 14.8 Å². The molecule has 29 heavy (non-hydrogen) atoms. The molecule has 1 aliphatic rings. The van der Waals surface area contributed by atoms with Crippen molar-refractivity contribution >= 4 is 17.3 Å². The van der Waals surface area contributed by atoms with Crippen LogP contribution in [0.15, 0.2) is 46.8 Å². The molecule has 0 aliphatic carbocycles. The zero-order valence-corrected chi connectivity index (χ0v) is 17.1. The minimum Gasteiger partial charge on any atom is -0.384 e. The molecule has 1 N–H and O–H groups in total. The second-order valence-corrected chi connectivity index (χ2v) is 6.82. The summed E-state index contributed by atoms with van der Waals surface area (Å²) in [5.74, 6) is -1.03. The molecule has 0 spiro atoms. The molecule has 1 aromatic rings. The molecule has 0 bridgehead atoms. The molecule has 0 amide bonds. The molecule has 0 radical (unpaired) electrons. The number of dihydropyridines is 1. The molecule has 1 heterocycles. The van der Waals surface area contributed by atoms with E-state index < -0.39 is 10.8 Å². The van der Waals surface area contributed by atoms with Gasteiger partial charge in [0.25, 0.3) is 5.69 Å². The van der Waals surface area contributed by atoms with E-state index in [0.717, 1.165) is 0 Å². The van der Waals surface area contributed by atoms with Crippen molar-refractivity contribution in [3.8, 4) is 0 Å². The number of rotatable bonds is 10. The Kier molecular flexibility index (Phi) is 7.81. The Morgan fingerprint density at radius 2 is 1.55 bits per heavy atom. The molecule has 156 valence electrons. The van der Waals surface area contributed by atoms with E-state index in [1.54, 1.807) is 26.0 Å². The highest BCUT2D eigenvalue weighted by molar-refractivity contribution is 6.05. The van der Waals surface area contributed by atoms with E-state index >= 15 is 0 Å². The van der Waals surface area contributed by atoms with Crippen molar-refractivity contribution in [2.45, 2.75) is 32.6 Å². The maximum Gasteiger partial charge on any atom is 0.269 e. The minimum absolute atomic E-state index is 0.0938. The molecule has 0 aromatic heterocycles. The summed E-state index contributed by atoms with van der Waals surface area (Å²) >= 11 is 0. The van der Waals surface area contributed by atoms with Crippen LogP contribution in [0, 0.1) is 10.1 Å². The van der Waals surface area contributed by atoms with Gasteiger partial charge in [0.15, 0.2) is 11.6 Å². The number of nitrogens with one attached hydrogen (secondary N) is 1. The molecule has 0 atom stereocenters. The average Bonchev–Trinajstić information content (AvgIpc) is 2.69. The van der Waals surface area contributed by atoms with Gasteiger partial charge in [0.05, 0.1) is 18.1 Å². The largest absolute Gasteiger partial charge is 0.384 e. The first kappa shape index (κ1) is 22.4. The number of carbonyl (C=O) groups excluding carboxylic acids is 2. The fraction of sp³-hybridized carbons (Fsp3) is 0.429. The lowest BCUT2D eigenvalue weighted by Crippen LogP contribution is -2.31. The number of Topliss-reactive ketones (excluding diaryl/α,β-unsaturated/α-hetero) is 2. The summed E-state index contributed by atoms with van der Waals surface area (Å²) in [5, 5.41) is 14.4. The molecule has 0 saturated heterocycles.